The molecule has 3 nitrogen and oxygen atoms in total. The molecule has 0 spiro atoms. The fraction of sp³-hybridized carbons (Fsp3) is 0.400. The van der Waals surface area contributed by atoms with Crippen LogP contribution in [0.5, 0.6) is 0 Å². The Labute approximate surface area is 117 Å². The van der Waals surface area contributed by atoms with Crippen molar-refractivity contribution in [2.45, 2.75) is 31.7 Å². The second-order valence-electron chi connectivity index (χ2n) is 5.31. The molecule has 1 saturated carbocycles. The Hall–Kier alpha value is -1.39. The van der Waals surface area contributed by atoms with Crippen molar-refractivity contribution >= 4 is 22.2 Å². The molecule has 0 unspecified atom stereocenters. The second-order valence-corrected chi connectivity index (χ2v) is 6.38. The van der Waals surface area contributed by atoms with Gasteiger partial charge in [-0.3, -0.25) is 0 Å². The van der Waals surface area contributed by atoms with Crippen molar-refractivity contribution < 1.29 is 0 Å². The highest BCUT2D eigenvalue weighted by atomic mass is 32.1. The smallest absolute Gasteiger partial charge is 0.190 e. The third-order valence-corrected chi connectivity index (χ3v) is 5.10. The molecular weight excluding hydrogens is 254 g/mol. The number of nitrogens with two attached hydrogens (primary N) is 1. The van der Waals surface area contributed by atoms with Crippen LogP contribution in [0.1, 0.15) is 34.9 Å². The predicted molar refractivity (Wildman–Crippen MR) is 79.1 cm³/mol. The predicted octanol–water partition coefficient (Wildman–Crippen LogP) is 3.17. The number of aromatic nitrogens is 1. The van der Waals surface area contributed by atoms with Crippen LogP contribution in [0.3, 0.4) is 0 Å². The Morgan fingerprint density at radius 1 is 1.32 bits per heavy atom. The van der Waals surface area contributed by atoms with E-state index in [4.69, 9.17) is 10.7 Å². The third-order valence-electron chi connectivity index (χ3n) is 3.98. The normalized spacial score (nSPS) is 17.8. The van der Waals surface area contributed by atoms with E-state index in [9.17, 15) is 0 Å². The highest BCUT2D eigenvalue weighted by molar-refractivity contribution is 7.15. The summed E-state index contributed by atoms with van der Waals surface area (Å²) in [6.45, 7) is 1.67. The van der Waals surface area contributed by atoms with E-state index in [0.717, 1.165) is 18.1 Å². The number of rotatable bonds is 3. The third kappa shape index (κ3) is 1.86. The number of para-hydroxylation sites is 1. The van der Waals surface area contributed by atoms with Crippen LogP contribution in [0.25, 0.3) is 0 Å². The second kappa shape index (κ2) is 4.32. The molecule has 1 aliphatic carbocycles. The van der Waals surface area contributed by atoms with E-state index >= 15 is 0 Å². The van der Waals surface area contributed by atoms with Gasteiger partial charge in [0.25, 0.3) is 0 Å². The van der Waals surface area contributed by atoms with Crippen LogP contribution in [0, 0.1) is 0 Å². The zero-order chi connectivity index (χ0) is 12.8. The van der Waals surface area contributed by atoms with Crippen molar-refractivity contribution in [3.63, 3.8) is 0 Å². The lowest BCUT2D eigenvalue weighted by Crippen LogP contribution is -2.12. The zero-order valence-electron chi connectivity index (χ0n) is 10.8. The van der Waals surface area contributed by atoms with Gasteiger partial charge in [-0.05, 0) is 30.9 Å². The molecule has 98 valence electrons. The van der Waals surface area contributed by atoms with E-state index in [1.54, 1.807) is 11.3 Å². The van der Waals surface area contributed by atoms with E-state index in [1.807, 2.05) is 0 Å². The minimum Gasteiger partial charge on any atom is -0.326 e. The first-order chi connectivity index (χ1) is 9.36. The maximum absolute atomic E-state index is 5.87. The van der Waals surface area contributed by atoms with Gasteiger partial charge in [0.1, 0.15) is 0 Å². The quantitative estimate of drug-likeness (QED) is 0.932. The Kier molecular flexibility index (Phi) is 2.60. The molecule has 19 heavy (non-hydrogen) atoms. The molecule has 0 radical (unpaired) electrons. The van der Waals surface area contributed by atoms with Crippen LogP contribution in [0.2, 0.25) is 0 Å². The van der Waals surface area contributed by atoms with E-state index in [1.165, 1.54) is 34.7 Å². The van der Waals surface area contributed by atoms with Crippen molar-refractivity contribution in [2.24, 2.45) is 5.73 Å². The van der Waals surface area contributed by atoms with Gasteiger partial charge >= 0.3 is 0 Å². The molecule has 2 aliphatic rings. The van der Waals surface area contributed by atoms with Crippen molar-refractivity contribution in [3.8, 4) is 0 Å². The average Bonchev–Trinajstić information content (AvgIpc) is 3.06. The summed E-state index contributed by atoms with van der Waals surface area (Å²) < 4.78 is 0. The number of benzene rings is 1. The molecule has 2 heterocycles. The van der Waals surface area contributed by atoms with Gasteiger partial charge in [-0.25, -0.2) is 4.98 Å². The Morgan fingerprint density at radius 2 is 2.16 bits per heavy atom. The molecule has 2 aromatic rings. The summed E-state index contributed by atoms with van der Waals surface area (Å²) in [6.07, 6.45) is 3.69. The molecule has 1 aliphatic heterocycles. The molecule has 0 atom stereocenters. The number of hydrogen-bond donors (Lipinski definition) is 1. The molecule has 4 rings (SSSR count). The number of thiazole rings is 1. The molecule has 1 aromatic heterocycles. The first kappa shape index (κ1) is 11.4. The Morgan fingerprint density at radius 3 is 2.95 bits per heavy atom. The maximum Gasteiger partial charge on any atom is 0.190 e. The first-order valence-electron chi connectivity index (χ1n) is 6.92. The van der Waals surface area contributed by atoms with Crippen molar-refractivity contribution in [3.05, 3.63) is 40.4 Å². The molecule has 1 aromatic carbocycles. The van der Waals surface area contributed by atoms with Crippen molar-refractivity contribution in [1.29, 1.82) is 0 Å². The number of anilines is 2. The van der Waals surface area contributed by atoms with Gasteiger partial charge in [-0.2, -0.15) is 0 Å². The average molecular weight is 271 g/mol. The molecule has 4 heteroatoms. The van der Waals surface area contributed by atoms with Gasteiger partial charge in [-0.1, -0.05) is 29.5 Å². The zero-order valence-corrected chi connectivity index (χ0v) is 11.6. The lowest BCUT2D eigenvalue weighted by Gasteiger charge is -2.15. The monoisotopic (exact) mass is 271 g/mol. The Balaban J connectivity index is 1.73. The number of hydrogen-bond acceptors (Lipinski definition) is 4. The SMILES string of the molecule is NCc1sc(N2CCc3ccccc32)nc1C1CC1. The number of nitrogens with zero attached hydrogens (tertiary/aromatic N) is 2. The van der Waals surface area contributed by atoms with E-state index < -0.39 is 0 Å². The molecule has 0 saturated heterocycles. The molecule has 0 amide bonds. The van der Waals surface area contributed by atoms with E-state index in [0.29, 0.717) is 12.5 Å². The highest BCUT2D eigenvalue weighted by Gasteiger charge is 2.31. The summed E-state index contributed by atoms with van der Waals surface area (Å²) in [7, 11) is 0. The minimum atomic E-state index is 0.624. The van der Waals surface area contributed by atoms with Gasteiger partial charge < -0.3 is 10.6 Å². The van der Waals surface area contributed by atoms with Crippen LogP contribution in [0.15, 0.2) is 24.3 Å². The van der Waals surface area contributed by atoms with Gasteiger partial charge in [0.2, 0.25) is 0 Å². The maximum atomic E-state index is 5.87. The summed E-state index contributed by atoms with van der Waals surface area (Å²) in [5, 5.41) is 1.13. The van der Waals surface area contributed by atoms with Gasteiger partial charge in [0.05, 0.1) is 5.69 Å². The summed E-state index contributed by atoms with van der Waals surface area (Å²) in [5.74, 6) is 0.682. The molecular formula is C15H17N3S. The summed E-state index contributed by atoms with van der Waals surface area (Å²) in [4.78, 5) is 8.52. The van der Waals surface area contributed by atoms with E-state index in [2.05, 4.69) is 29.2 Å². The van der Waals surface area contributed by atoms with Crippen LogP contribution in [-0.2, 0) is 13.0 Å². The lowest BCUT2D eigenvalue weighted by molar-refractivity contribution is 0.949. The van der Waals surface area contributed by atoms with Gasteiger partial charge in [0, 0.05) is 29.6 Å². The molecule has 1 fully saturated rings. The van der Waals surface area contributed by atoms with Crippen LogP contribution < -0.4 is 10.6 Å². The summed E-state index contributed by atoms with van der Waals surface area (Å²) in [5.41, 5.74) is 9.90. The van der Waals surface area contributed by atoms with Gasteiger partial charge in [-0.15, -0.1) is 0 Å². The Bertz CT molecular complexity index is 616. The van der Waals surface area contributed by atoms with Crippen LogP contribution in [0.4, 0.5) is 10.8 Å². The van der Waals surface area contributed by atoms with Gasteiger partial charge in [0.15, 0.2) is 5.13 Å². The fourth-order valence-electron chi connectivity index (χ4n) is 2.83. The first-order valence-corrected chi connectivity index (χ1v) is 7.73. The standard InChI is InChI=1S/C15H17N3S/c16-9-13-14(11-5-6-11)17-15(19-13)18-8-7-10-3-1-2-4-12(10)18/h1-4,11H,5-9,16H2. The van der Waals surface area contributed by atoms with Crippen molar-refractivity contribution in [1.82, 2.24) is 4.98 Å². The fourth-order valence-corrected chi connectivity index (χ4v) is 3.89. The number of fused-ring (bicyclic) bond motifs is 1. The summed E-state index contributed by atoms with van der Waals surface area (Å²) >= 11 is 1.78. The van der Waals surface area contributed by atoms with E-state index in [-0.39, 0.29) is 0 Å². The largest absolute Gasteiger partial charge is 0.326 e. The lowest BCUT2D eigenvalue weighted by atomic mass is 10.2. The minimum absolute atomic E-state index is 0.624. The van der Waals surface area contributed by atoms with Crippen LogP contribution in [-0.4, -0.2) is 11.5 Å². The van der Waals surface area contributed by atoms with Crippen LogP contribution >= 0.6 is 11.3 Å². The molecule has 0 bridgehead atoms. The highest BCUT2D eigenvalue weighted by Crippen LogP contribution is 2.45. The molecule has 2 N–H and O–H groups in total. The summed E-state index contributed by atoms with van der Waals surface area (Å²) in [6, 6.07) is 8.64. The topological polar surface area (TPSA) is 42.1 Å². The van der Waals surface area contributed by atoms with Crippen molar-refractivity contribution in [2.75, 3.05) is 11.4 Å².